The third-order valence-corrected chi connectivity index (χ3v) is 7.01. The molecule has 0 amide bonds. The fourth-order valence-electron chi connectivity index (χ4n) is 4.16. The first kappa shape index (κ1) is 20.6. The molecule has 0 saturated carbocycles. The van der Waals surface area contributed by atoms with Crippen molar-refractivity contribution >= 4 is 38.3 Å². The standard InChI is InChI=1S/C25H23FN4OS/c1-14-3-8-19(26)23-22(14)18(15(2)30-23)9-10-27-25-24-20(28-13-29-25)11-21(32-24)17-6-4-16(12-31)5-7-17/h3-8,11,13,30-31H,9-10,12H2,1-2H3,(H,27,28,29). The zero-order valence-electron chi connectivity index (χ0n) is 17.9. The minimum atomic E-state index is -0.219. The molecule has 0 bridgehead atoms. The van der Waals surface area contributed by atoms with Crippen molar-refractivity contribution < 1.29 is 9.50 Å². The van der Waals surface area contributed by atoms with E-state index in [0.717, 1.165) is 60.7 Å². The van der Waals surface area contributed by atoms with Gasteiger partial charge in [0.05, 0.1) is 22.3 Å². The summed E-state index contributed by atoms with van der Waals surface area (Å²) in [5.74, 6) is 0.585. The number of aliphatic hydroxyl groups excluding tert-OH is 1. The molecular formula is C25H23FN4OS. The zero-order chi connectivity index (χ0) is 22.2. The predicted molar refractivity (Wildman–Crippen MR) is 129 cm³/mol. The normalized spacial score (nSPS) is 11.5. The van der Waals surface area contributed by atoms with Crippen molar-refractivity contribution in [3.8, 4) is 10.4 Å². The molecule has 7 heteroatoms. The molecule has 162 valence electrons. The van der Waals surface area contributed by atoms with Gasteiger partial charge in [-0.1, -0.05) is 30.3 Å². The summed E-state index contributed by atoms with van der Waals surface area (Å²) in [6.07, 6.45) is 2.33. The summed E-state index contributed by atoms with van der Waals surface area (Å²) < 4.78 is 15.2. The highest BCUT2D eigenvalue weighted by Gasteiger charge is 2.15. The van der Waals surface area contributed by atoms with Gasteiger partial charge in [0.15, 0.2) is 0 Å². The number of halogens is 1. The van der Waals surface area contributed by atoms with Gasteiger partial charge in [-0.2, -0.15) is 0 Å². The maximum Gasteiger partial charge on any atom is 0.147 e. The van der Waals surface area contributed by atoms with Crippen LogP contribution in [0.15, 0.2) is 48.8 Å². The molecule has 3 N–H and O–H groups in total. The Bertz CT molecular complexity index is 1420. The van der Waals surface area contributed by atoms with Crippen LogP contribution in [0.5, 0.6) is 0 Å². The SMILES string of the molecule is Cc1[nH]c2c(F)ccc(C)c2c1CCNc1ncnc2cc(-c3ccc(CO)cc3)sc12. The molecule has 5 aromatic rings. The zero-order valence-corrected chi connectivity index (χ0v) is 18.7. The molecular weight excluding hydrogens is 423 g/mol. The van der Waals surface area contributed by atoms with E-state index in [1.54, 1.807) is 17.7 Å². The number of thiophene rings is 1. The van der Waals surface area contributed by atoms with Crippen molar-refractivity contribution in [1.29, 1.82) is 0 Å². The van der Waals surface area contributed by atoms with Gasteiger partial charge in [0, 0.05) is 22.5 Å². The summed E-state index contributed by atoms with van der Waals surface area (Å²) in [5.41, 5.74) is 6.65. The highest BCUT2D eigenvalue weighted by Crippen LogP contribution is 2.36. The van der Waals surface area contributed by atoms with Crippen molar-refractivity contribution in [2.75, 3.05) is 11.9 Å². The monoisotopic (exact) mass is 446 g/mol. The van der Waals surface area contributed by atoms with Gasteiger partial charge in [-0.25, -0.2) is 14.4 Å². The molecule has 0 aliphatic rings. The van der Waals surface area contributed by atoms with E-state index in [1.165, 1.54) is 6.07 Å². The summed E-state index contributed by atoms with van der Waals surface area (Å²) >= 11 is 1.64. The molecule has 0 aliphatic carbocycles. The quantitative estimate of drug-likeness (QED) is 0.311. The smallest absolute Gasteiger partial charge is 0.147 e. The maximum absolute atomic E-state index is 14.2. The van der Waals surface area contributed by atoms with Crippen LogP contribution in [0.1, 0.15) is 22.4 Å². The Balaban J connectivity index is 1.39. The molecule has 32 heavy (non-hydrogen) atoms. The maximum atomic E-state index is 14.2. The van der Waals surface area contributed by atoms with Crippen LogP contribution in [0, 0.1) is 19.7 Å². The first-order chi connectivity index (χ1) is 15.5. The second kappa shape index (κ2) is 8.33. The summed E-state index contributed by atoms with van der Waals surface area (Å²) in [6.45, 7) is 4.72. The minimum absolute atomic E-state index is 0.0360. The fraction of sp³-hybridized carbons (Fsp3) is 0.200. The lowest BCUT2D eigenvalue weighted by molar-refractivity contribution is 0.282. The lowest BCUT2D eigenvalue weighted by Crippen LogP contribution is -2.07. The van der Waals surface area contributed by atoms with Gasteiger partial charge in [0.25, 0.3) is 0 Å². The van der Waals surface area contributed by atoms with Crippen LogP contribution >= 0.6 is 11.3 Å². The number of H-pyrrole nitrogens is 1. The lowest BCUT2D eigenvalue weighted by atomic mass is 10.0. The Morgan fingerprint density at radius 3 is 2.69 bits per heavy atom. The molecule has 0 unspecified atom stereocenters. The summed E-state index contributed by atoms with van der Waals surface area (Å²) in [4.78, 5) is 13.2. The lowest BCUT2D eigenvalue weighted by Gasteiger charge is -2.07. The Labute approximate surface area is 189 Å². The van der Waals surface area contributed by atoms with E-state index < -0.39 is 0 Å². The second-order valence-electron chi connectivity index (χ2n) is 7.92. The molecule has 0 fully saturated rings. The number of nitrogens with one attached hydrogen (secondary N) is 2. The van der Waals surface area contributed by atoms with Crippen molar-refractivity contribution in [1.82, 2.24) is 15.0 Å². The Kier molecular flexibility index (Phi) is 5.36. The fourth-order valence-corrected chi connectivity index (χ4v) is 5.24. The molecule has 0 spiro atoms. The van der Waals surface area contributed by atoms with Crippen LogP contribution in [0.2, 0.25) is 0 Å². The van der Waals surface area contributed by atoms with E-state index >= 15 is 0 Å². The number of nitrogens with zero attached hydrogens (tertiary/aromatic N) is 2. The number of aryl methyl sites for hydroxylation is 2. The molecule has 3 heterocycles. The Morgan fingerprint density at radius 1 is 1.09 bits per heavy atom. The minimum Gasteiger partial charge on any atom is -0.392 e. The van der Waals surface area contributed by atoms with Gasteiger partial charge in [-0.15, -0.1) is 11.3 Å². The van der Waals surface area contributed by atoms with Crippen LogP contribution in [-0.2, 0) is 13.0 Å². The topological polar surface area (TPSA) is 73.8 Å². The number of aromatic nitrogens is 3. The molecule has 0 radical (unpaired) electrons. The highest BCUT2D eigenvalue weighted by molar-refractivity contribution is 7.22. The summed E-state index contributed by atoms with van der Waals surface area (Å²) in [7, 11) is 0. The highest BCUT2D eigenvalue weighted by atomic mass is 32.1. The van der Waals surface area contributed by atoms with Crippen molar-refractivity contribution in [2.45, 2.75) is 26.9 Å². The molecule has 2 aromatic carbocycles. The summed E-state index contributed by atoms with van der Waals surface area (Å²) in [6, 6.07) is 13.3. The first-order valence-corrected chi connectivity index (χ1v) is 11.3. The van der Waals surface area contributed by atoms with Gasteiger partial charge in [0.1, 0.15) is 18.0 Å². The first-order valence-electron chi connectivity index (χ1n) is 10.5. The number of anilines is 1. The van der Waals surface area contributed by atoms with Crippen LogP contribution < -0.4 is 5.32 Å². The van der Waals surface area contributed by atoms with Crippen LogP contribution in [0.25, 0.3) is 31.6 Å². The van der Waals surface area contributed by atoms with E-state index in [9.17, 15) is 9.50 Å². The van der Waals surface area contributed by atoms with Crippen LogP contribution in [0.3, 0.4) is 0 Å². The number of hydrogen-bond acceptors (Lipinski definition) is 5. The number of hydrogen-bond donors (Lipinski definition) is 3. The van der Waals surface area contributed by atoms with Crippen LogP contribution in [-0.4, -0.2) is 26.6 Å². The van der Waals surface area contributed by atoms with E-state index in [-0.39, 0.29) is 12.4 Å². The van der Waals surface area contributed by atoms with Crippen molar-refractivity contribution in [2.24, 2.45) is 0 Å². The number of benzene rings is 2. The van der Waals surface area contributed by atoms with Crippen molar-refractivity contribution in [3.63, 3.8) is 0 Å². The largest absolute Gasteiger partial charge is 0.392 e. The second-order valence-corrected chi connectivity index (χ2v) is 8.97. The number of aliphatic hydroxyl groups is 1. The van der Waals surface area contributed by atoms with E-state index in [4.69, 9.17) is 0 Å². The number of rotatable bonds is 6. The van der Waals surface area contributed by atoms with Crippen molar-refractivity contribution in [3.05, 3.63) is 77.0 Å². The van der Waals surface area contributed by atoms with Gasteiger partial charge in [-0.05, 0) is 54.7 Å². The summed E-state index contributed by atoms with van der Waals surface area (Å²) in [5, 5.41) is 13.7. The van der Waals surface area contributed by atoms with Gasteiger partial charge < -0.3 is 15.4 Å². The Morgan fingerprint density at radius 2 is 1.91 bits per heavy atom. The third kappa shape index (κ3) is 3.63. The van der Waals surface area contributed by atoms with Gasteiger partial charge in [0.2, 0.25) is 0 Å². The van der Waals surface area contributed by atoms with E-state index in [2.05, 4.69) is 26.3 Å². The average Bonchev–Trinajstić information content (AvgIpc) is 3.39. The molecule has 3 aromatic heterocycles. The van der Waals surface area contributed by atoms with E-state index in [0.29, 0.717) is 12.1 Å². The molecule has 0 aliphatic heterocycles. The molecule has 0 saturated heterocycles. The predicted octanol–water partition coefficient (Wildman–Crippen LogP) is 5.74. The third-order valence-electron chi connectivity index (χ3n) is 5.83. The molecule has 5 rings (SSSR count). The number of fused-ring (bicyclic) bond motifs is 2. The number of aromatic amines is 1. The Hall–Kier alpha value is -3.29. The van der Waals surface area contributed by atoms with Crippen LogP contribution in [0.4, 0.5) is 10.2 Å². The van der Waals surface area contributed by atoms with Gasteiger partial charge >= 0.3 is 0 Å². The van der Waals surface area contributed by atoms with E-state index in [1.807, 2.05) is 44.2 Å². The molecule has 5 nitrogen and oxygen atoms in total. The van der Waals surface area contributed by atoms with Gasteiger partial charge in [-0.3, -0.25) is 0 Å². The molecule has 0 atom stereocenters. The average molecular weight is 447 g/mol.